The Morgan fingerprint density at radius 2 is 1.97 bits per heavy atom. The van der Waals surface area contributed by atoms with Gasteiger partial charge < -0.3 is 19.4 Å². The number of piperazine rings is 1. The summed E-state index contributed by atoms with van der Waals surface area (Å²) in [6, 6.07) is 15.6. The lowest BCUT2D eigenvalue weighted by Gasteiger charge is -2.36. The van der Waals surface area contributed by atoms with Gasteiger partial charge in [0.05, 0.1) is 18.6 Å². The molecule has 8 nitrogen and oxygen atoms in total. The molecule has 0 unspecified atom stereocenters. The van der Waals surface area contributed by atoms with Crippen molar-refractivity contribution in [2.45, 2.75) is 26.2 Å². The summed E-state index contributed by atoms with van der Waals surface area (Å²) >= 11 is 0. The highest BCUT2D eigenvalue weighted by Gasteiger charge is 2.18. The minimum Gasteiger partial charge on any atom is -0.463 e. The monoisotopic (exact) mass is 484 g/mol. The van der Waals surface area contributed by atoms with Crippen LogP contribution in [-0.2, 0) is 6.42 Å². The van der Waals surface area contributed by atoms with Crippen LogP contribution in [0, 0.1) is 11.3 Å². The van der Waals surface area contributed by atoms with Gasteiger partial charge in [0.2, 0.25) is 0 Å². The average molecular weight is 485 g/mol. The van der Waals surface area contributed by atoms with E-state index in [4.69, 9.17) is 4.42 Å². The summed E-state index contributed by atoms with van der Waals surface area (Å²) in [7, 11) is 0. The van der Waals surface area contributed by atoms with Gasteiger partial charge in [0.1, 0.15) is 5.58 Å². The number of H-pyrrole nitrogens is 1. The Morgan fingerprint density at radius 1 is 1.14 bits per heavy atom. The van der Waals surface area contributed by atoms with Crippen molar-refractivity contribution in [1.82, 2.24) is 9.88 Å². The van der Waals surface area contributed by atoms with Crippen LogP contribution in [0.25, 0.3) is 21.9 Å². The quantitative estimate of drug-likeness (QED) is 0.161. The molecule has 2 aromatic heterocycles. The average Bonchev–Trinajstić information content (AvgIpc) is 3.29. The summed E-state index contributed by atoms with van der Waals surface area (Å²) in [5, 5.41) is 20.6. The molecule has 184 valence electrons. The summed E-state index contributed by atoms with van der Waals surface area (Å²) in [5.41, 5.74) is 4.42. The number of aliphatic hydroxyl groups is 1. The number of aryl methyl sites for hydroxylation is 1. The van der Waals surface area contributed by atoms with E-state index in [-0.39, 0.29) is 11.6 Å². The second-order valence-corrected chi connectivity index (χ2v) is 9.35. The number of aromatic nitrogens is 1. The van der Waals surface area contributed by atoms with E-state index < -0.39 is 5.63 Å². The number of benzene rings is 2. The molecule has 2 aromatic carbocycles. The fraction of sp³-hybridized carbons (Fsp3) is 0.321. The number of anilines is 1. The van der Waals surface area contributed by atoms with Crippen molar-refractivity contribution in [2.24, 2.45) is 0 Å². The first kappa shape index (κ1) is 23.6. The van der Waals surface area contributed by atoms with E-state index in [0.717, 1.165) is 74.0 Å². The van der Waals surface area contributed by atoms with Crippen molar-refractivity contribution >= 4 is 39.1 Å². The molecule has 0 atom stereocenters. The second-order valence-electron chi connectivity index (χ2n) is 9.35. The van der Waals surface area contributed by atoms with Crippen molar-refractivity contribution in [3.05, 3.63) is 70.2 Å². The molecule has 1 fully saturated rings. The Morgan fingerprint density at radius 3 is 2.75 bits per heavy atom. The number of hydrogen-bond donors (Lipinski definition) is 3. The van der Waals surface area contributed by atoms with Gasteiger partial charge in [-0.1, -0.05) is 0 Å². The van der Waals surface area contributed by atoms with Crippen molar-refractivity contribution in [3.63, 3.8) is 0 Å². The number of nitrogens with one attached hydrogen (secondary N) is 2. The van der Waals surface area contributed by atoms with Gasteiger partial charge in [-0.05, 0) is 67.8 Å². The van der Waals surface area contributed by atoms with Crippen LogP contribution in [0.2, 0.25) is 0 Å². The Balaban J connectivity index is 1.14. The van der Waals surface area contributed by atoms with E-state index in [1.807, 2.05) is 36.4 Å². The van der Waals surface area contributed by atoms with E-state index >= 15 is 0 Å². The molecule has 0 saturated carbocycles. The second kappa shape index (κ2) is 10.3. The first-order valence-corrected chi connectivity index (χ1v) is 12.3. The lowest BCUT2D eigenvalue weighted by molar-refractivity contribution is -0.368. The third kappa shape index (κ3) is 5.11. The molecule has 0 radical (unpaired) electrons. The van der Waals surface area contributed by atoms with Crippen LogP contribution in [0.15, 0.2) is 57.9 Å². The third-order valence-electron chi connectivity index (χ3n) is 6.84. The van der Waals surface area contributed by atoms with Crippen LogP contribution in [0.4, 0.5) is 11.4 Å². The van der Waals surface area contributed by atoms with E-state index in [9.17, 15) is 15.2 Å². The van der Waals surface area contributed by atoms with E-state index in [1.54, 1.807) is 6.07 Å². The van der Waals surface area contributed by atoms with Gasteiger partial charge in [-0.25, -0.2) is 4.79 Å². The number of aromatic amines is 1. The van der Waals surface area contributed by atoms with E-state index in [2.05, 4.69) is 32.0 Å². The first-order valence-electron chi connectivity index (χ1n) is 12.3. The van der Waals surface area contributed by atoms with Crippen LogP contribution in [0.5, 0.6) is 0 Å². The molecule has 0 amide bonds. The van der Waals surface area contributed by atoms with Crippen LogP contribution < -0.4 is 15.5 Å². The normalized spacial score (nSPS) is 15.0. The Labute approximate surface area is 209 Å². The fourth-order valence-corrected chi connectivity index (χ4v) is 4.92. The maximum absolute atomic E-state index is 12.1. The predicted octanol–water partition coefficient (Wildman–Crippen LogP) is 2.98. The summed E-state index contributed by atoms with van der Waals surface area (Å²) in [5.74, 6) is -0.0523. The van der Waals surface area contributed by atoms with Crippen molar-refractivity contribution < 1.29 is 14.5 Å². The SMILES string of the molecule is CC(O)=[NH+]c1cc2cc(N3CCN(CCCCc4c[nH]c5ccc(C#N)cc45)CC3)ccc2oc1=O. The number of hydrogen-bond acceptors (Lipinski definition) is 5. The van der Waals surface area contributed by atoms with E-state index in [0.29, 0.717) is 11.1 Å². The molecule has 1 saturated heterocycles. The van der Waals surface area contributed by atoms with Crippen molar-refractivity contribution in [2.75, 3.05) is 37.6 Å². The number of rotatable bonds is 7. The van der Waals surface area contributed by atoms with Gasteiger partial charge >= 0.3 is 11.5 Å². The highest BCUT2D eigenvalue weighted by atomic mass is 16.4. The van der Waals surface area contributed by atoms with E-state index in [1.165, 1.54) is 12.5 Å². The molecule has 1 aliphatic rings. The Kier molecular flexibility index (Phi) is 6.74. The zero-order valence-corrected chi connectivity index (χ0v) is 20.4. The first-order chi connectivity index (χ1) is 17.5. The molecule has 5 rings (SSSR count). The molecule has 0 spiro atoms. The lowest BCUT2D eigenvalue weighted by Crippen LogP contribution is -2.67. The highest BCUT2D eigenvalue weighted by molar-refractivity contribution is 5.84. The molecule has 3 heterocycles. The van der Waals surface area contributed by atoms with Crippen molar-refractivity contribution in [1.29, 1.82) is 5.26 Å². The van der Waals surface area contributed by atoms with Gasteiger partial charge in [-0.15, -0.1) is 0 Å². The number of fused-ring (bicyclic) bond motifs is 2. The summed E-state index contributed by atoms with van der Waals surface area (Å²) in [6.45, 7) is 6.45. The molecule has 8 heteroatoms. The largest absolute Gasteiger partial charge is 0.463 e. The van der Waals surface area contributed by atoms with Crippen molar-refractivity contribution in [3.8, 4) is 6.07 Å². The maximum atomic E-state index is 12.1. The smallest absolute Gasteiger partial charge is 0.409 e. The minimum absolute atomic E-state index is 0.0523. The molecule has 3 N–H and O–H groups in total. The standard InChI is InChI=1S/C28H29N5O3/c1-19(34)31-26-16-22-15-23(6-8-27(22)36-28(26)35)33-12-10-32(11-13-33)9-3-2-4-21-18-30-25-7-5-20(17-29)14-24(21)25/h5-8,14-16,18,30H,2-4,9-13H2,1H3,(H,31,34)/p+1. The predicted molar refractivity (Wildman–Crippen MR) is 141 cm³/mol. The zero-order chi connectivity index (χ0) is 25.1. The highest BCUT2D eigenvalue weighted by Crippen LogP contribution is 2.24. The molecular formula is C28H30N5O3+. The van der Waals surface area contributed by atoms with Crippen LogP contribution in [0.1, 0.15) is 30.9 Å². The van der Waals surface area contributed by atoms with Crippen LogP contribution >= 0.6 is 0 Å². The van der Waals surface area contributed by atoms with Gasteiger partial charge in [0.25, 0.3) is 5.69 Å². The third-order valence-corrected chi connectivity index (χ3v) is 6.84. The lowest BCUT2D eigenvalue weighted by atomic mass is 10.1. The molecular weight excluding hydrogens is 454 g/mol. The molecule has 0 aliphatic carbocycles. The number of nitriles is 1. The van der Waals surface area contributed by atoms with Gasteiger partial charge in [0.15, 0.2) is 0 Å². The van der Waals surface area contributed by atoms with Gasteiger partial charge in [-0.2, -0.15) is 10.3 Å². The summed E-state index contributed by atoms with van der Waals surface area (Å²) < 4.78 is 5.38. The maximum Gasteiger partial charge on any atom is 0.409 e. The zero-order valence-electron chi connectivity index (χ0n) is 20.4. The Hall–Kier alpha value is -4.09. The fourth-order valence-electron chi connectivity index (χ4n) is 4.92. The number of unbranched alkanes of at least 4 members (excludes halogenated alkanes) is 1. The van der Waals surface area contributed by atoms with Gasteiger partial charge in [0, 0.05) is 60.4 Å². The van der Waals surface area contributed by atoms with Crippen LogP contribution in [0.3, 0.4) is 0 Å². The summed E-state index contributed by atoms with van der Waals surface area (Å²) in [6.07, 6.45) is 5.33. The topological polar surface area (TPSA) is 110 Å². The Bertz CT molecular complexity index is 1520. The minimum atomic E-state index is -0.506. The summed E-state index contributed by atoms with van der Waals surface area (Å²) in [4.78, 5) is 22.9. The molecule has 0 bridgehead atoms. The van der Waals surface area contributed by atoms with Crippen LogP contribution in [-0.4, -0.2) is 53.6 Å². The molecule has 1 aliphatic heterocycles. The van der Waals surface area contributed by atoms with Gasteiger partial charge in [-0.3, -0.25) is 4.90 Å². The molecule has 36 heavy (non-hydrogen) atoms. The number of aliphatic hydroxyl groups excluding tert-OH is 1. The number of nitrogens with zero attached hydrogens (tertiary/aromatic N) is 3. The molecule has 4 aromatic rings.